The van der Waals surface area contributed by atoms with Gasteiger partial charge in [0.1, 0.15) is 5.75 Å². The third-order valence-corrected chi connectivity index (χ3v) is 4.97. The predicted octanol–water partition coefficient (Wildman–Crippen LogP) is 3.55. The second-order valence-electron chi connectivity index (χ2n) is 6.27. The highest BCUT2D eigenvalue weighted by Crippen LogP contribution is 2.23. The van der Waals surface area contributed by atoms with Gasteiger partial charge in [0.2, 0.25) is 0 Å². The van der Waals surface area contributed by atoms with E-state index in [0.717, 1.165) is 28.8 Å². The van der Waals surface area contributed by atoms with Crippen LogP contribution >= 0.6 is 39.9 Å². The first-order valence-electron chi connectivity index (χ1n) is 8.75. The number of nitrogens with one attached hydrogen (secondary N) is 2. The molecular weight excluding hydrogens is 540 g/mol. The van der Waals surface area contributed by atoms with Crippen LogP contribution in [-0.2, 0) is 6.54 Å². The zero-order chi connectivity index (χ0) is 19.2. The molecule has 1 aliphatic heterocycles. The van der Waals surface area contributed by atoms with Crippen molar-refractivity contribution in [2.24, 2.45) is 4.99 Å². The predicted molar refractivity (Wildman–Crippen MR) is 124 cm³/mol. The summed E-state index contributed by atoms with van der Waals surface area (Å²) in [4.78, 5) is 10.4. The molecule has 0 bridgehead atoms. The number of aliphatic imine (C=N–C) groups is 1. The van der Waals surface area contributed by atoms with E-state index in [4.69, 9.17) is 4.74 Å². The van der Waals surface area contributed by atoms with E-state index in [0.29, 0.717) is 24.9 Å². The van der Waals surface area contributed by atoms with Crippen LogP contribution in [0.3, 0.4) is 0 Å². The van der Waals surface area contributed by atoms with Crippen molar-refractivity contribution in [3.63, 3.8) is 0 Å². The van der Waals surface area contributed by atoms with Crippen LogP contribution in [0.2, 0.25) is 0 Å². The molecule has 0 spiro atoms. The number of hydrogen-bond donors (Lipinski definition) is 2. The molecule has 1 fully saturated rings. The minimum atomic E-state index is -0.289. The first kappa shape index (κ1) is 22.7. The number of halogens is 3. The molecule has 2 N–H and O–H groups in total. The van der Waals surface area contributed by atoms with Gasteiger partial charge in [0.15, 0.2) is 17.6 Å². The number of methoxy groups -OCH3 is 1. The van der Waals surface area contributed by atoms with Crippen LogP contribution in [0.1, 0.15) is 12.0 Å². The number of aromatic nitrogens is 1. The smallest absolute Gasteiger partial charge is 0.191 e. The highest BCUT2D eigenvalue weighted by atomic mass is 127. The van der Waals surface area contributed by atoms with Crippen molar-refractivity contribution in [1.29, 1.82) is 0 Å². The Hall–Kier alpha value is -1.62. The Labute approximate surface area is 190 Å². The summed E-state index contributed by atoms with van der Waals surface area (Å²) in [6.07, 6.45) is 2.50. The van der Waals surface area contributed by atoms with Gasteiger partial charge >= 0.3 is 0 Å². The van der Waals surface area contributed by atoms with E-state index in [1.165, 1.54) is 6.07 Å². The average Bonchev–Trinajstić information content (AvgIpc) is 3.14. The zero-order valence-electron chi connectivity index (χ0n) is 15.8. The van der Waals surface area contributed by atoms with E-state index in [-0.39, 0.29) is 35.8 Å². The van der Waals surface area contributed by atoms with Crippen molar-refractivity contribution in [1.82, 2.24) is 15.6 Å². The molecule has 6 nitrogen and oxygen atoms in total. The first-order valence-corrected chi connectivity index (χ1v) is 9.55. The van der Waals surface area contributed by atoms with Crippen LogP contribution in [0, 0.1) is 5.82 Å². The number of guanidine groups is 1. The monoisotopic (exact) mass is 563 g/mol. The van der Waals surface area contributed by atoms with E-state index in [9.17, 15) is 4.39 Å². The zero-order valence-corrected chi connectivity index (χ0v) is 19.7. The third kappa shape index (κ3) is 5.69. The minimum absolute atomic E-state index is 0. The molecule has 3 rings (SSSR count). The Kier molecular flexibility index (Phi) is 8.74. The molecule has 1 aliphatic rings. The number of nitrogens with zero attached hydrogens (tertiary/aromatic N) is 3. The number of benzene rings is 1. The Balaban J connectivity index is 0.00000280. The van der Waals surface area contributed by atoms with Gasteiger partial charge in [-0.2, -0.15) is 0 Å². The molecule has 1 aromatic heterocycles. The maximum absolute atomic E-state index is 13.9. The van der Waals surface area contributed by atoms with Crippen molar-refractivity contribution in [2.75, 3.05) is 32.1 Å². The number of hydrogen-bond acceptors (Lipinski definition) is 4. The maximum Gasteiger partial charge on any atom is 0.191 e. The van der Waals surface area contributed by atoms with Crippen LogP contribution in [0.15, 0.2) is 46.0 Å². The second-order valence-corrected chi connectivity index (χ2v) is 7.18. The van der Waals surface area contributed by atoms with Crippen molar-refractivity contribution in [2.45, 2.75) is 19.0 Å². The van der Waals surface area contributed by atoms with Gasteiger partial charge in [-0.25, -0.2) is 9.37 Å². The largest absolute Gasteiger partial charge is 0.496 e. The van der Waals surface area contributed by atoms with E-state index >= 15 is 0 Å². The highest BCUT2D eigenvalue weighted by molar-refractivity contribution is 14.0. The molecule has 1 atom stereocenters. The molecule has 9 heteroatoms. The summed E-state index contributed by atoms with van der Waals surface area (Å²) < 4.78 is 20.3. The van der Waals surface area contributed by atoms with Crippen LogP contribution < -0.4 is 20.3 Å². The van der Waals surface area contributed by atoms with E-state index in [2.05, 4.69) is 36.5 Å². The van der Waals surface area contributed by atoms with Crippen LogP contribution in [0.4, 0.5) is 10.2 Å². The molecule has 2 aromatic rings. The van der Waals surface area contributed by atoms with Crippen LogP contribution in [-0.4, -0.2) is 44.2 Å². The Morgan fingerprint density at radius 3 is 2.96 bits per heavy atom. The maximum atomic E-state index is 13.9. The number of ether oxygens (including phenoxy) is 1. The van der Waals surface area contributed by atoms with Gasteiger partial charge in [-0.05, 0) is 36.8 Å². The fourth-order valence-electron chi connectivity index (χ4n) is 3.13. The topological polar surface area (TPSA) is 61.8 Å². The molecule has 0 radical (unpaired) electrons. The Morgan fingerprint density at radius 1 is 1.43 bits per heavy atom. The van der Waals surface area contributed by atoms with E-state index < -0.39 is 0 Å². The molecule has 1 aromatic carbocycles. The van der Waals surface area contributed by atoms with Gasteiger partial charge in [-0.15, -0.1) is 24.0 Å². The number of anilines is 1. The van der Waals surface area contributed by atoms with Crippen molar-refractivity contribution in [3.8, 4) is 5.75 Å². The third-order valence-electron chi connectivity index (χ3n) is 4.48. The lowest BCUT2D eigenvalue weighted by atomic mass is 10.2. The van der Waals surface area contributed by atoms with Gasteiger partial charge in [0.05, 0.1) is 7.11 Å². The summed E-state index contributed by atoms with van der Waals surface area (Å²) in [6, 6.07) is 9.09. The molecule has 1 saturated heterocycles. The van der Waals surface area contributed by atoms with Gasteiger partial charge in [0, 0.05) is 49.0 Å². The molecule has 28 heavy (non-hydrogen) atoms. The van der Waals surface area contributed by atoms with Gasteiger partial charge in [0.25, 0.3) is 0 Å². The SMILES string of the molecule is CN=C(NCc1cc(Br)ccc1OC)NC1CCN(c2ncccc2F)C1.I. The molecular formula is C19H24BrFIN5O. The fraction of sp³-hybridized carbons (Fsp3) is 0.368. The summed E-state index contributed by atoms with van der Waals surface area (Å²) in [5.74, 6) is 1.63. The fourth-order valence-corrected chi connectivity index (χ4v) is 3.54. The molecule has 2 heterocycles. The molecule has 0 aliphatic carbocycles. The molecule has 1 unspecified atom stereocenters. The number of rotatable bonds is 5. The summed E-state index contributed by atoms with van der Waals surface area (Å²) in [7, 11) is 3.39. The molecule has 0 saturated carbocycles. The van der Waals surface area contributed by atoms with Crippen molar-refractivity contribution in [3.05, 3.63) is 52.4 Å². The average molecular weight is 564 g/mol. The summed E-state index contributed by atoms with van der Waals surface area (Å²) in [5.41, 5.74) is 1.03. The number of pyridine rings is 1. The lowest BCUT2D eigenvalue weighted by Crippen LogP contribution is -2.44. The van der Waals surface area contributed by atoms with Crippen molar-refractivity contribution < 1.29 is 9.13 Å². The van der Waals surface area contributed by atoms with Crippen molar-refractivity contribution >= 4 is 51.7 Å². The standard InChI is InChI=1S/C19H23BrFN5O.HI/c1-22-19(24-11-13-10-14(20)5-6-17(13)27-2)25-15-7-9-26(12-15)18-16(21)4-3-8-23-18;/h3-6,8,10,15H,7,9,11-12H2,1-2H3,(H2,22,24,25);1H. The van der Waals surface area contributed by atoms with Crippen LogP contribution in [0.5, 0.6) is 5.75 Å². The van der Waals surface area contributed by atoms with Gasteiger partial charge in [-0.3, -0.25) is 4.99 Å². The van der Waals surface area contributed by atoms with Crippen LogP contribution in [0.25, 0.3) is 0 Å². The summed E-state index contributed by atoms with van der Waals surface area (Å²) in [6.45, 7) is 2.00. The second kappa shape index (κ2) is 10.8. The Morgan fingerprint density at radius 2 is 2.25 bits per heavy atom. The summed E-state index contributed by atoms with van der Waals surface area (Å²) in [5, 5.41) is 6.71. The highest BCUT2D eigenvalue weighted by Gasteiger charge is 2.25. The molecule has 152 valence electrons. The Bertz CT molecular complexity index is 823. The normalized spacial score (nSPS) is 16.5. The summed E-state index contributed by atoms with van der Waals surface area (Å²) >= 11 is 3.48. The molecule has 0 amide bonds. The first-order chi connectivity index (χ1) is 13.1. The van der Waals surface area contributed by atoms with E-state index in [1.54, 1.807) is 26.4 Å². The quantitative estimate of drug-likeness (QED) is 0.331. The lowest BCUT2D eigenvalue weighted by Gasteiger charge is -2.20. The minimum Gasteiger partial charge on any atom is -0.496 e. The van der Waals surface area contributed by atoms with Gasteiger partial charge < -0.3 is 20.3 Å². The van der Waals surface area contributed by atoms with E-state index in [1.807, 2.05) is 23.1 Å². The van der Waals surface area contributed by atoms with Gasteiger partial charge in [-0.1, -0.05) is 15.9 Å². The lowest BCUT2D eigenvalue weighted by molar-refractivity contribution is 0.409.